The molecule has 0 amide bonds. The summed E-state index contributed by atoms with van der Waals surface area (Å²) in [6, 6.07) is 0. The van der Waals surface area contributed by atoms with Gasteiger partial charge in [0.25, 0.3) is 5.56 Å². The molecule has 1 fully saturated rings. The van der Waals surface area contributed by atoms with Crippen LogP contribution < -0.4 is 5.56 Å². The molecule has 1 unspecified atom stereocenters. The number of H-pyrrole nitrogens is 1. The molecule has 18 heavy (non-hydrogen) atoms. The predicted molar refractivity (Wildman–Crippen MR) is 73.8 cm³/mol. The highest BCUT2D eigenvalue weighted by molar-refractivity contribution is 9.10. The summed E-state index contributed by atoms with van der Waals surface area (Å²) in [6.45, 7) is 8.84. The Labute approximate surface area is 115 Å². The number of hydrogen-bond donors (Lipinski definition) is 1. The number of aromatic amines is 1. The summed E-state index contributed by atoms with van der Waals surface area (Å²) in [5, 5.41) is 0. The van der Waals surface area contributed by atoms with Crippen molar-refractivity contribution in [2.45, 2.75) is 51.6 Å². The summed E-state index contributed by atoms with van der Waals surface area (Å²) < 4.78 is 6.26. The van der Waals surface area contributed by atoms with E-state index in [1.165, 1.54) is 0 Å². The van der Waals surface area contributed by atoms with Gasteiger partial charge in [-0.25, -0.2) is 4.98 Å². The first-order chi connectivity index (χ1) is 8.24. The third-order valence-electron chi connectivity index (χ3n) is 3.29. The van der Waals surface area contributed by atoms with Crippen molar-refractivity contribution in [1.82, 2.24) is 9.97 Å². The Kier molecular flexibility index (Phi) is 3.40. The minimum Gasteiger partial charge on any atom is -0.367 e. The van der Waals surface area contributed by atoms with Gasteiger partial charge in [-0.15, -0.1) is 0 Å². The highest BCUT2D eigenvalue weighted by atomic mass is 79.9. The Balaban J connectivity index is 2.58. The van der Waals surface area contributed by atoms with Crippen molar-refractivity contribution in [1.29, 1.82) is 0 Å². The van der Waals surface area contributed by atoms with E-state index in [-0.39, 0.29) is 11.0 Å². The molecule has 1 aliphatic heterocycles. The van der Waals surface area contributed by atoms with E-state index < -0.39 is 5.60 Å². The summed E-state index contributed by atoms with van der Waals surface area (Å²) in [6.07, 6.45) is 1.89. The van der Waals surface area contributed by atoms with Gasteiger partial charge in [0, 0.05) is 12.0 Å². The monoisotopic (exact) mass is 314 g/mol. The fraction of sp³-hybridized carbons (Fsp3) is 0.692. The van der Waals surface area contributed by atoms with Crippen molar-refractivity contribution in [2.75, 3.05) is 6.61 Å². The lowest BCUT2D eigenvalue weighted by Crippen LogP contribution is -2.31. The van der Waals surface area contributed by atoms with E-state index in [0.717, 1.165) is 25.1 Å². The zero-order valence-corrected chi connectivity index (χ0v) is 12.8. The minimum atomic E-state index is -0.458. The highest BCUT2D eigenvalue weighted by Gasteiger charge is 2.36. The molecule has 0 bridgehead atoms. The first-order valence-corrected chi connectivity index (χ1v) is 6.98. The number of nitrogens with one attached hydrogen (secondary N) is 1. The number of halogens is 1. The number of hydrogen-bond acceptors (Lipinski definition) is 3. The maximum atomic E-state index is 12.0. The summed E-state index contributed by atoms with van der Waals surface area (Å²) in [5.74, 6) is 0.637. The van der Waals surface area contributed by atoms with Crippen LogP contribution in [0.4, 0.5) is 0 Å². The lowest BCUT2D eigenvalue weighted by molar-refractivity contribution is 0.00876. The molecule has 2 rings (SSSR count). The average Bonchev–Trinajstić information content (AvgIpc) is 2.68. The smallest absolute Gasteiger partial charge is 0.265 e. The van der Waals surface area contributed by atoms with E-state index in [2.05, 4.69) is 25.9 Å². The molecule has 1 aromatic rings. The van der Waals surface area contributed by atoms with E-state index in [1.54, 1.807) is 0 Å². The lowest BCUT2D eigenvalue weighted by Gasteiger charge is -2.25. The van der Waals surface area contributed by atoms with Gasteiger partial charge in [-0.3, -0.25) is 4.79 Å². The molecule has 2 heterocycles. The van der Waals surface area contributed by atoms with Gasteiger partial charge in [0.1, 0.15) is 15.9 Å². The molecule has 0 saturated carbocycles. The van der Waals surface area contributed by atoms with Crippen LogP contribution in [0, 0.1) is 0 Å². The molecular weight excluding hydrogens is 296 g/mol. The van der Waals surface area contributed by atoms with Crippen molar-refractivity contribution in [3.8, 4) is 0 Å². The fourth-order valence-corrected chi connectivity index (χ4v) is 2.95. The topological polar surface area (TPSA) is 55.0 Å². The van der Waals surface area contributed by atoms with Gasteiger partial charge in [-0.05, 0) is 35.7 Å². The Morgan fingerprint density at radius 3 is 2.61 bits per heavy atom. The maximum absolute atomic E-state index is 12.0. The van der Waals surface area contributed by atoms with Crippen LogP contribution in [0.1, 0.15) is 52.1 Å². The third-order valence-corrected chi connectivity index (χ3v) is 4.03. The molecule has 1 aromatic heterocycles. The molecule has 0 aromatic carbocycles. The van der Waals surface area contributed by atoms with Crippen molar-refractivity contribution in [3.05, 3.63) is 26.3 Å². The maximum Gasteiger partial charge on any atom is 0.265 e. The molecular formula is C13H19BrN2O2. The molecule has 0 spiro atoms. The minimum absolute atomic E-state index is 0.137. The van der Waals surface area contributed by atoms with E-state index >= 15 is 0 Å². The van der Waals surface area contributed by atoms with Crippen LogP contribution >= 0.6 is 15.9 Å². The van der Waals surface area contributed by atoms with Gasteiger partial charge in [0.05, 0.1) is 5.69 Å². The van der Waals surface area contributed by atoms with Crippen molar-refractivity contribution in [2.24, 2.45) is 0 Å². The predicted octanol–water partition coefficient (Wildman–Crippen LogP) is 2.86. The van der Waals surface area contributed by atoms with Gasteiger partial charge in [0.2, 0.25) is 0 Å². The van der Waals surface area contributed by atoms with Crippen LogP contribution in [0.25, 0.3) is 0 Å². The zero-order valence-electron chi connectivity index (χ0n) is 11.3. The van der Waals surface area contributed by atoms with Crippen molar-refractivity contribution < 1.29 is 4.74 Å². The van der Waals surface area contributed by atoms with Gasteiger partial charge in [0.15, 0.2) is 0 Å². The lowest BCUT2D eigenvalue weighted by atomic mass is 9.91. The van der Waals surface area contributed by atoms with Crippen molar-refractivity contribution >= 4 is 15.9 Å². The van der Waals surface area contributed by atoms with Gasteiger partial charge in [-0.1, -0.05) is 20.8 Å². The second-order valence-corrected chi connectivity index (χ2v) is 6.80. The quantitative estimate of drug-likeness (QED) is 0.867. The zero-order chi connectivity index (χ0) is 13.6. The molecule has 0 aliphatic carbocycles. The molecule has 1 saturated heterocycles. The number of nitrogens with zero attached hydrogens (tertiary/aromatic N) is 1. The number of aromatic nitrogens is 2. The Hall–Kier alpha value is -0.680. The molecule has 4 nitrogen and oxygen atoms in total. The SMILES string of the molecule is CC(C)(C)c1nc(C2(C)CCCO2)[nH]c(=O)c1Br. The van der Waals surface area contributed by atoms with E-state index in [4.69, 9.17) is 4.74 Å². The molecule has 1 aliphatic rings. The summed E-state index contributed by atoms with van der Waals surface area (Å²) in [7, 11) is 0. The molecule has 100 valence electrons. The average molecular weight is 315 g/mol. The Bertz CT molecular complexity index is 511. The number of rotatable bonds is 1. The van der Waals surface area contributed by atoms with E-state index in [1.807, 2.05) is 27.7 Å². The standard InChI is InChI=1S/C13H19BrN2O2/c1-12(2,3)9-8(14)10(17)16-11(15-9)13(4)6-5-7-18-13/h5-7H2,1-4H3,(H,15,16,17). The van der Waals surface area contributed by atoms with Crippen LogP contribution in [-0.4, -0.2) is 16.6 Å². The summed E-state index contributed by atoms with van der Waals surface area (Å²) in [5.41, 5.74) is -0.00365. The molecule has 1 atom stereocenters. The molecule has 0 radical (unpaired) electrons. The molecule has 1 N–H and O–H groups in total. The Morgan fingerprint density at radius 2 is 2.11 bits per heavy atom. The van der Waals surface area contributed by atoms with Crippen LogP contribution in [0.3, 0.4) is 0 Å². The second-order valence-electron chi connectivity index (χ2n) is 6.01. The van der Waals surface area contributed by atoms with Crippen LogP contribution in [-0.2, 0) is 15.8 Å². The number of ether oxygens (including phenoxy) is 1. The molecule has 5 heteroatoms. The highest BCUT2D eigenvalue weighted by Crippen LogP contribution is 2.34. The first-order valence-electron chi connectivity index (χ1n) is 6.19. The van der Waals surface area contributed by atoms with Gasteiger partial charge >= 0.3 is 0 Å². The Morgan fingerprint density at radius 1 is 1.44 bits per heavy atom. The second kappa shape index (κ2) is 4.46. The van der Waals surface area contributed by atoms with Gasteiger partial charge in [-0.2, -0.15) is 0 Å². The van der Waals surface area contributed by atoms with Crippen molar-refractivity contribution in [3.63, 3.8) is 0 Å². The first kappa shape index (κ1) is 13.7. The summed E-state index contributed by atoms with van der Waals surface area (Å²) in [4.78, 5) is 19.5. The normalized spacial score (nSPS) is 24.5. The van der Waals surface area contributed by atoms with Crippen LogP contribution in [0.15, 0.2) is 9.27 Å². The van der Waals surface area contributed by atoms with Crippen LogP contribution in [0.2, 0.25) is 0 Å². The van der Waals surface area contributed by atoms with E-state index in [0.29, 0.717) is 10.3 Å². The van der Waals surface area contributed by atoms with Crippen LogP contribution in [0.5, 0.6) is 0 Å². The van der Waals surface area contributed by atoms with E-state index in [9.17, 15) is 4.79 Å². The largest absolute Gasteiger partial charge is 0.367 e. The fourth-order valence-electron chi connectivity index (χ4n) is 2.17. The van der Waals surface area contributed by atoms with Gasteiger partial charge < -0.3 is 9.72 Å². The third kappa shape index (κ3) is 2.38. The summed E-state index contributed by atoms with van der Waals surface area (Å²) >= 11 is 3.33.